The SMILES string of the molecule is O=C(C1Cc2ccccc2N1)N1CC2CCC1C2. The maximum absolute atomic E-state index is 12.6. The first-order chi connectivity index (χ1) is 8.81. The first-order valence-electron chi connectivity index (χ1n) is 6.96. The Hall–Kier alpha value is -1.51. The third-order valence-corrected chi connectivity index (χ3v) is 4.76. The van der Waals surface area contributed by atoms with Crippen molar-refractivity contribution in [3.05, 3.63) is 29.8 Å². The van der Waals surface area contributed by atoms with Gasteiger partial charge in [-0.05, 0) is 36.8 Å². The van der Waals surface area contributed by atoms with E-state index in [0.29, 0.717) is 11.9 Å². The molecule has 18 heavy (non-hydrogen) atoms. The van der Waals surface area contributed by atoms with Crippen molar-refractivity contribution in [1.29, 1.82) is 0 Å². The fraction of sp³-hybridized carbons (Fsp3) is 0.533. The lowest BCUT2D eigenvalue weighted by atomic mass is 10.1. The molecule has 0 spiro atoms. The zero-order valence-electron chi connectivity index (χ0n) is 10.4. The molecule has 1 aromatic carbocycles. The fourth-order valence-corrected chi connectivity index (χ4v) is 3.84. The van der Waals surface area contributed by atoms with Crippen LogP contribution >= 0.6 is 0 Å². The number of hydrogen-bond acceptors (Lipinski definition) is 2. The monoisotopic (exact) mass is 242 g/mol. The molecule has 2 bridgehead atoms. The largest absolute Gasteiger partial charge is 0.373 e. The Labute approximate surface area is 107 Å². The van der Waals surface area contributed by atoms with Gasteiger partial charge in [-0.25, -0.2) is 0 Å². The number of para-hydroxylation sites is 1. The molecule has 0 aromatic heterocycles. The second-order valence-electron chi connectivity index (χ2n) is 5.88. The summed E-state index contributed by atoms with van der Waals surface area (Å²) in [6, 6.07) is 8.77. The Morgan fingerprint density at radius 1 is 1.28 bits per heavy atom. The predicted molar refractivity (Wildman–Crippen MR) is 70.4 cm³/mol. The topological polar surface area (TPSA) is 32.3 Å². The number of amides is 1. The summed E-state index contributed by atoms with van der Waals surface area (Å²) < 4.78 is 0. The van der Waals surface area contributed by atoms with Crippen molar-refractivity contribution in [2.45, 2.75) is 37.8 Å². The van der Waals surface area contributed by atoms with E-state index in [1.807, 2.05) is 12.1 Å². The lowest BCUT2D eigenvalue weighted by Crippen LogP contribution is -2.45. The number of nitrogens with one attached hydrogen (secondary N) is 1. The van der Waals surface area contributed by atoms with E-state index in [2.05, 4.69) is 22.3 Å². The van der Waals surface area contributed by atoms with Crippen molar-refractivity contribution in [3.8, 4) is 0 Å². The molecular formula is C15H18N2O. The minimum absolute atomic E-state index is 0.0262. The number of rotatable bonds is 1. The van der Waals surface area contributed by atoms with Crippen LogP contribution in [0, 0.1) is 5.92 Å². The van der Waals surface area contributed by atoms with Gasteiger partial charge in [0.2, 0.25) is 5.91 Å². The number of anilines is 1. The lowest BCUT2D eigenvalue weighted by Gasteiger charge is -2.29. The fourth-order valence-electron chi connectivity index (χ4n) is 3.84. The van der Waals surface area contributed by atoms with E-state index in [1.165, 1.54) is 24.8 Å². The Kier molecular flexibility index (Phi) is 2.16. The van der Waals surface area contributed by atoms with Gasteiger partial charge in [-0.3, -0.25) is 4.79 Å². The van der Waals surface area contributed by atoms with Gasteiger partial charge >= 0.3 is 0 Å². The van der Waals surface area contributed by atoms with Crippen LogP contribution in [-0.4, -0.2) is 29.4 Å². The van der Waals surface area contributed by atoms with Gasteiger partial charge in [0.25, 0.3) is 0 Å². The van der Waals surface area contributed by atoms with Crippen LogP contribution < -0.4 is 5.32 Å². The maximum atomic E-state index is 12.6. The van der Waals surface area contributed by atoms with Crippen LogP contribution in [0.15, 0.2) is 24.3 Å². The van der Waals surface area contributed by atoms with E-state index >= 15 is 0 Å². The van der Waals surface area contributed by atoms with Crippen LogP contribution in [0.2, 0.25) is 0 Å². The molecule has 1 aromatic rings. The normalized spacial score (nSPS) is 32.4. The van der Waals surface area contributed by atoms with Crippen LogP contribution in [0.3, 0.4) is 0 Å². The van der Waals surface area contributed by atoms with Crippen molar-refractivity contribution >= 4 is 11.6 Å². The highest BCUT2D eigenvalue weighted by Crippen LogP contribution is 2.38. The Bertz CT molecular complexity index is 474. The summed E-state index contributed by atoms with van der Waals surface area (Å²) in [7, 11) is 0. The summed E-state index contributed by atoms with van der Waals surface area (Å²) in [5.41, 5.74) is 2.42. The Morgan fingerprint density at radius 2 is 2.17 bits per heavy atom. The van der Waals surface area contributed by atoms with Gasteiger partial charge in [0.1, 0.15) is 6.04 Å². The van der Waals surface area contributed by atoms with Gasteiger partial charge in [0.15, 0.2) is 0 Å². The van der Waals surface area contributed by atoms with Crippen molar-refractivity contribution in [3.63, 3.8) is 0 Å². The minimum Gasteiger partial charge on any atom is -0.373 e. The van der Waals surface area contributed by atoms with Gasteiger partial charge in [-0.15, -0.1) is 0 Å². The first-order valence-corrected chi connectivity index (χ1v) is 6.96. The highest BCUT2D eigenvalue weighted by Gasteiger charge is 2.42. The van der Waals surface area contributed by atoms with E-state index < -0.39 is 0 Å². The van der Waals surface area contributed by atoms with Crippen molar-refractivity contribution in [2.24, 2.45) is 5.92 Å². The number of likely N-dealkylation sites (tertiary alicyclic amines) is 1. The lowest BCUT2D eigenvalue weighted by molar-refractivity contribution is -0.133. The maximum Gasteiger partial charge on any atom is 0.245 e. The van der Waals surface area contributed by atoms with Gasteiger partial charge in [-0.2, -0.15) is 0 Å². The number of nitrogens with zero attached hydrogens (tertiary/aromatic N) is 1. The number of carbonyl (C=O) groups excluding carboxylic acids is 1. The minimum atomic E-state index is -0.0262. The summed E-state index contributed by atoms with van der Waals surface area (Å²) in [6.07, 6.45) is 4.64. The standard InChI is InChI=1S/C15H18N2O/c18-15(17-9-10-5-6-12(17)7-10)14-8-11-3-1-2-4-13(11)16-14/h1-4,10,12,14,16H,5-9H2. The molecule has 1 amide bonds. The zero-order valence-corrected chi connectivity index (χ0v) is 10.4. The van der Waals surface area contributed by atoms with Crippen LogP contribution in [0.5, 0.6) is 0 Å². The van der Waals surface area contributed by atoms with Gasteiger partial charge < -0.3 is 10.2 Å². The van der Waals surface area contributed by atoms with Crippen LogP contribution in [0.25, 0.3) is 0 Å². The van der Waals surface area contributed by atoms with Gasteiger partial charge in [-0.1, -0.05) is 18.2 Å². The van der Waals surface area contributed by atoms with E-state index in [4.69, 9.17) is 0 Å². The van der Waals surface area contributed by atoms with Crippen molar-refractivity contribution in [1.82, 2.24) is 4.90 Å². The smallest absolute Gasteiger partial charge is 0.245 e. The average Bonchev–Trinajstić information content (AvgIpc) is 3.11. The summed E-state index contributed by atoms with van der Waals surface area (Å²) in [6.45, 7) is 0.998. The third kappa shape index (κ3) is 1.46. The molecule has 2 fully saturated rings. The molecule has 1 N–H and O–H groups in total. The molecule has 94 valence electrons. The molecule has 3 atom stereocenters. The molecule has 1 aliphatic carbocycles. The number of benzene rings is 1. The molecule has 3 aliphatic rings. The highest BCUT2D eigenvalue weighted by molar-refractivity contribution is 5.88. The predicted octanol–water partition coefficient (Wildman–Crippen LogP) is 2.03. The van der Waals surface area contributed by atoms with Crippen molar-refractivity contribution < 1.29 is 4.79 Å². The molecule has 0 radical (unpaired) electrons. The van der Waals surface area contributed by atoms with Gasteiger partial charge in [0.05, 0.1) is 0 Å². The second kappa shape index (κ2) is 3.74. The van der Waals surface area contributed by atoms with Crippen LogP contribution in [0.4, 0.5) is 5.69 Å². The molecule has 4 rings (SSSR count). The van der Waals surface area contributed by atoms with Crippen LogP contribution in [-0.2, 0) is 11.2 Å². The number of fused-ring (bicyclic) bond motifs is 3. The molecule has 3 unspecified atom stereocenters. The number of hydrogen-bond donors (Lipinski definition) is 1. The second-order valence-corrected chi connectivity index (χ2v) is 5.88. The molecule has 2 aliphatic heterocycles. The summed E-state index contributed by atoms with van der Waals surface area (Å²) in [4.78, 5) is 14.7. The quantitative estimate of drug-likeness (QED) is 0.817. The Balaban J connectivity index is 1.51. The van der Waals surface area contributed by atoms with E-state index in [0.717, 1.165) is 24.6 Å². The van der Waals surface area contributed by atoms with E-state index in [-0.39, 0.29) is 6.04 Å². The van der Waals surface area contributed by atoms with Crippen LogP contribution in [0.1, 0.15) is 24.8 Å². The van der Waals surface area contributed by atoms with Gasteiger partial charge in [0, 0.05) is 24.7 Å². The summed E-state index contributed by atoms with van der Waals surface area (Å²) in [5.74, 6) is 1.10. The van der Waals surface area contributed by atoms with E-state index in [1.54, 1.807) is 0 Å². The van der Waals surface area contributed by atoms with E-state index in [9.17, 15) is 4.79 Å². The average molecular weight is 242 g/mol. The number of carbonyl (C=O) groups is 1. The molecule has 3 nitrogen and oxygen atoms in total. The third-order valence-electron chi connectivity index (χ3n) is 4.76. The van der Waals surface area contributed by atoms with Crippen molar-refractivity contribution in [2.75, 3.05) is 11.9 Å². The molecule has 1 saturated carbocycles. The summed E-state index contributed by atoms with van der Waals surface area (Å²) in [5, 5.41) is 3.38. The first kappa shape index (κ1) is 10.4. The molecule has 2 heterocycles. The molecule has 3 heteroatoms. The molecular weight excluding hydrogens is 224 g/mol. The number of piperidine rings is 1. The molecule has 1 saturated heterocycles. The Morgan fingerprint density at radius 3 is 2.89 bits per heavy atom. The summed E-state index contributed by atoms with van der Waals surface area (Å²) >= 11 is 0. The zero-order chi connectivity index (χ0) is 12.1. The highest BCUT2D eigenvalue weighted by atomic mass is 16.2.